The maximum absolute atomic E-state index is 13.9. The van der Waals surface area contributed by atoms with Crippen LogP contribution in [0.25, 0.3) is 10.4 Å². The number of alkyl halides is 2. The van der Waals surface area contributed by atoms with Crippen molar-refractivity contribution in [3.8, 4) is 0 Å². The average molecular weight is 680 g/mol. The molecule has 2 amide bonds. The summed E-state index contributed by atoms with van der Waals surface area (Å²) in [6.07, 6.45) is -0.795. The van der Waals surface area contributed by atoms with Crippen LogP contribution in [0.3, 0.4) is 0 Å². The molecule has 12 nitrogen and oxygen atoms in total. The Labute approximate surface area is 276 Å². The van der Waals surface area contributed by atoms with Crippen LogP contribution < -0.4 is 5.32 Å². The number of halogens is 2. The van der Waals surface area contributed by atoms with Gasteiger partial charge in [-0.1, -0.05) is 124 Å². The number of nitrogens with zero attached hydrogens (tertiary/aromatic N) is 5. The summed E-state index contributed by atoms with van der Waals surface area (Å²) in [5.74, 6) is -3.09. The first-order valence-corrected chi connectivity index (χ1v) is 15.6. The third kappa shape index (κ3) is 7.19. The van der Waals surface area contributed by atoms with Gasteiger partial charge in [0.15, 0.2) is 11.8 Å². The fraction of sp³-hybridized carbons (Fsp3) is 0.194. The van der Waals surface area contributed by atoms with Crippen LogP contribution in [-0.4, -0.2) is 62.9 Å². The first-order chi connectivity index (χ1) is 22.3. The fourth-order valence-electron chi connectivity index (χ4n) is 4.82. The van der Waals surface area contributed by atoms with Gasteiger partial charge in [-0.25, -0.2) is 9.59 Å². The van der Waals surface area contributed by atoms with Crippen molar-refractivity contribution in [2.24, 2.45) is 10.3 Å². The molecule has 46 heavy (non-hydrogen) atoms. The molecule has 1 saturated heterocycles. The van der Waals surface area contributed by atoms with Gasteiger partial charge in [-0.05, 0) is 22.2 Å². The summed E-state index contributed by atoms with van der Waals surface area (Å²) >= 11 is 12.3. The number of azide groups is 1. The summed E-state index contributed by atoms with van der Waals surface area (Å²) in [6, 6.07) is 25.3. The molecule has 1 N–H and O–H groups in total. The summed E-state index contributed by atoms with van der Waals surface area (Å²) in [4.78, 5) is 60.0. The molecule has 0 bridgehead atoms. The Balaban J connectivity index is 1.41. The van der Waals surface area contributed by atoms with E-state index in [1.807, 2.05) is 60.7 Å². The van der Waals surface area contributed by atoms with Gasteiger partial charge >= 0.3 is 11.9 Å². The number of carbonyl (C=O) groups is 4. The first-order valence-electron chi connectivity index (χ1n) is 13.7. The van der Waals surface area contributed by atoms with Gasteiger partial charge in [0.2, 0.25) is 4.84 Å². The van der Waals surface area contributed by atoms with Crippen molar-refractivity contribution in [3.63, 3.8) is 0 Å². The van der Waals surface area contributed by atoms with Gasteiger partial charge < -0.3 is 14.9 Å². The minimum Gasteiger partial charge on any atom is -0.448 e. The van der Waals surface area contributed by atoms with Gasteiger partial charge in [0.05, 0.1) is 6.54 Å². The number of hydrogen-bond acceptors (Lipinski definition) is 9. The molecule has 0 unspecified atom stereocenters. The Hall–Kier alpha value is -4.81. The SMILES string of the molecule is [N-]=[N+]=NCC1=C(C(=O)OC(c2ccccc2)c2ccccc2)N2C(=O)[C@@H](NC(=O)/C(=N/OC(=O)C(Cl)Cl)c3ccccc3)[C@H]2SC1. The molecule has 1 fully saturated rings. The summed E-state index contributed by atoms with van der Waals surface area (Å²) < 4.78 is 6.05. The Bertz CT molecular complexity index is 1700. The third-order valence-electron chi connectivity index (χ3n) is 6.95. The summed E-state index contributed by atoms with van der Waals surface area (Å²) in [5, 5.41) is 9.21. The van der Waals surface area contributed by atoms with Crippen LogP contribution in [0.2, 0.25) is 0 Å². The van der Waals surface area contributed by atoms with Crippen molar-refractivity contribution >= 4 is 64.4 Å². The highest BCUT2D eigenvalue weighted by Crippen LogP contribution is 2.41. The molecule has 15 heteroatoms. The third-order valence-corrected chi connectivity index (χ3v) is 8.64. The van der Waals surface area contributed by atoms with Gasteiger partial charge in [-0.3, -0.25) is 14.5 Å². The van der Waals surface area contributed by atoms with Crippen molar-refractivity contribution < 1.29 is 28.8 Å². The summed E-state index contributed by atoms with van der Waals surface area (Å²) in [6.45, 7) is -0.166. The van der Waals surface area contributed by atoms with Gasteiger partial charge in [-0.2, -0.15) is 0 Å². The molecule has 0 saturated carbocycles. The molecule has 2 aliphatic heterocycles. The zero-order chi connectivity index (χ0) is 32.6. The molecule has 2 aliphatic rings. The van der Waals surface area contributed by atoms with E-state index >= 15 is 0 Å². The lowest BCUT2D eigenvalue weighted by Crippen LogP contribution is -2.71. The summed E-state index contributed by atoms with van der Waals surface area (Å²) in [5.41, 5.74) is 10.7. The molecule has 234 valence electrons. The lowest BCUT2D eigenvalue weighted by molar-refractivity contribution is -0.154. The molecular formula is C31H24Cl2N6O6S. The predicted molar refractivity (Wildman–Crippen MR) is 171 cm³/mol. The van der Waals surface area contributed by atoms with Gasteiger partial charge in [0.1, 0.15) is 17.1 Å². The van der Waals surface area contributed by atoms with Crippen LogP contribution in [0, 0.1) is 0 Å². The van der Waals surface area contributed by atoms with E-state index in [-0.39, 0.29) is 23.7 Å². The maximum Gasteiger partial charge on any atom is 0.367 e. The monoisotopic (exact) mass is 678 g/mol. The van der Waals surface area contributed by atoms with Crippen molar-refractivity contribution in [2.45, 2.75) is 22.4 Å². The number of fused-ring (bicyclic) bond motifs is 1. The zero-order valence-corrected chi connectivity index (χ0v) is 26.1. The standard InChI is InChI=1S/C31H24Cl2N6O6S/c32-26(33)31(43)45-37-22(18-10-4-1-5-11-18)27(40)36-23-28(41)39-24(21(16-35-38-34)17-46-29(23)39)30(42)44-25(19-12-6-2-7-13-19)20-14-8-3-9-15-20/h1-15,23,25-26,29H,16-17H2,(H,36,40)/b37-22+/t23-,29-/m1/s1. The van der Waals surface area contributed by atoms with E-state index in [9.17, 15) is 19.2 Å². The molecule has 0 spiro atoms. The number of thioether (sulfide) groups is 1. The summed E-state index contributed by atoms with van der Waals surface area (Å²) in [7, 11) is 0. The van der Waals surface area contributed by atoms with E-state index < -0.39 is 46.1 Å². The Morgan fingerprint density at radius 3 is 2.13 bits per heavy atom. The lowest BCUT2D eigenvalue weighted by atomic mass is 10.00. The molecule has 0 aromatic heterocycles. The van der Waals surface area contributed by atoms with E-state index in [1.165, 1.54) is 16.7 Å². The highest BCUT2D eigenvalue weighted by molar-refractivity contribution is 8.00. The van der Waals surface area contributed by atoms with Gasteiger partial charge in [0.25, 0.3) is 11.8 Å². The van der Waals surface area contributed by atoms with Gasteiger partial charge in [0, 0.05) is 16.2 Å². The lowest BCUT2D eigenvalue weighted by Gasteiger charge is -2.49. The number of nitrogens with one attached hydrogen (secondary N) is 1. The largest absolute Gasteiger partial charge is 0.448 e. The number of ether oxygens (including phenoxy) is 1. The van der Waals surface area contributed by atoms with Crippen LogP contribution in [-0.2, 0) is 28.8 Å². The number of benzene rings is 3. The Kier molecular flexibility index (Phi) is 10.6. The number of amides is 2. The zero-order valence-electron chi connectivity index (χ0n) is 23.7. The second kappa shape index (κ2) is 15.0. The highest BCUT2D eigenvalue weighted by Gasteiger charge is 2.54. The van der Waals surface area contributed by atoms with Crippen molar-refractivity contribution in [2.75, 3.05) is 12.3 Å². The van der Waals surface area contributed by atoms with Crippen molar-refractivity contribution in [3.05, 3.63) is 129 Å². The smallest absolute Gasteiger partial charge is 0.367 e. The second-order valence-electron chi connectivity index (χ2n) is 9.83. The predicted octanol–water partition coefficient (Wildman–Crippen LogP) is 5.03. The first kappa shape index (κ1) is 32.6. The van der Waals surface area contributed by atoms with E-state index in [4.69, 9.17) is 38.3 Å². The molecule has 3 aromatic rings. The minimum absolute atomic E-state index is 0.0512. The molecule has 0 radical (unpaired) electrons. The topological polar surface area (TPSA) is 163 Å². The van der Waals surface area contributed by atoms with E-state index in [2.05, 4.69) is 20.5 Å². The number of carbonyl (C=O) groups excluding carboxylic acids is 4. The van der Waals surface area contributed by atoms with Crippen LogP contribution in [0.4, 0.5) is 0 Å². The van der Waals surface area contributed by atoms with Crippen LogP contribution in [0.15, 0.2) is 113 Å². The van der Waals surface area contributed by atoms with Crippen molar-refractivity contribution in [1.29, 1.82) is 0 Å². The molecular weight excluding hydrogens is 655 g/mol. The number of rotatable bonds is 11. The Morgan fingerprint density at radius 1 is 0.978 bits per heavy atom. The average Bonchev–Trinajstić information content (AvgIpc) is 3.09. The molecule has 3 aromatic carbocycles. The minimum atomic E-state index is -1.53. The normalized spacial score (nSPS) is 17.5. The van der Waals surface area contributed by atoms with Gasteiger partial charge in [-0.15, -0.1) is 11.8 Å². The van der Waals surface area contributed by atoms with E-state index in [1.54, 1.807) is 30.3 Å². The van der Waals surface area contributed by atoms with Crippen LogP contribution in [0.1, 0.15) is 22.8 Å². The number of hydrogen-bond donors (Lipinski definition) is 1. The quantitative estimate of drug-likeness (QED) is 0.0342. The number of β-lactam (4-membered cyclic amide) rings is 1. The molecule has 5 rings (SSSR count). The molecule has 2 atom stereocenters. The number of esters is 1. The number of oxime groups is 1. The van der Waals surface area contributed by atoms with Crippen LogP contribution >= 0.6 is 35.0 Å². The maximum atomic E-state index is 13.9. The van der Waals surface area contributed by atoms with E-state index in [0.717, 1.165) is 0 Å². The highest BCUT2D eigenvalue weighted by atomic mass is 35.5. The molecule has 2 heterocycles. The van der Waals surface area contributed by atoms with Crippen LogP contribution in [0.5, 0.6) is 0 Å². The second-order valence-corrected chi connectivity index (χ2v) is 12.0. The fourth-order valence-corrected chi connectivity index (χ4v) is 6.23. The van der Waals surface area contributed by atoms with E-state index in [0.29, 0.717) is 22.3 Å². The Morgan fingerprint density at radius 2 is 1.57 bits per heavy atom. The van der Waals surface area contributed by atoms with Crippen molar-refractivity contribution in [1.82, 2.24) is 10.2 Å². The molecule has 0 aliphatic carbocycles.